The Kier molecular flexibility index (Phi) is 3.40. The Morgan fingerprint density at radius 3 is 2.79 bits per heavy atom. The van der Waals surface area contributed by atoms with Gasteiger partial charge < -0.3 is 9.47 Å². The van der Waals surface area contributed by atoms with Gasteiger partial charge in [-0.3, -0.25) is 5.10 Å². The van der Waals surface area contributed by atoms with Gasteiger partial charge in [-0.25, -0.2) is 0 Å². The van der Waals surface area contributed by atoms with E-state index in [0.29, 0.717) is 12.0 Å². The van der Waals surface area contributed by atoms with Crippen molar-refractivity contribution in [3.63, 3.8) is 0 Å². The summed E-state index contributed by atoms with van der Waals surface area (Å²) in [6.07, 6.45) is 5.12. The molecule has 0 aliphatic heterocycles. The molecule has 0 unspecified atom stereocenters. The van der Waals surface area contributed by atoms with Gasteiger partial charge in [0.15, 0.2) is 0 Å². The molecular weight excluding hydrogens is 240 g/mol. The van der Waals surface area contributed by atoms with Crippen molar-refractivity contribution in [1.29, 1.82) is 0 Å². The minimum absolute atomic E-state index is 0.328. The van der Waals surface area contributed by atoms with Crippen LogP contribution in [0.4, 0.5) is 0 Å². The minimum Gasteiger partial charge on any atom is -0.496 e. The molecule has 1 saturated carbocycles. The Bertz CT molecular complexity index is 545. The number of hydrogen-bond donors (Lipinski definition) is 1. The van der Waals surface area contributed by atoms with Crippen LogP contribution in [0, 0.1) is 0 Å². The van der Waals surface area contributed by atoms with Crippen molar-refractivity contribution in [1.82, 2.24) is 10.2 Å². The van der Waals surface area contributed by atoms with E-state index in [-0.39, 0.29) is 0 Å². The van der Waals surface area contributed by atoms with Gasteiger partial charge in [0.25, 0.3) is 0 Å². The second kappa shape index (κ2) is 5.34. The number of aromatic amines is 1. The number of hydrogen-bond acceptors (Lipinski definition) is 3. The summed E-state index contributed by atoms with van der Waals surface area (Å²) >= 11 is 0. The minimum atomic E-state index is 0.328. The molecule has 100 valence electrons. The van der Waals surface area contributed by atoms with Gasteiger partial charge in [0, 0.05) is 11.6 Å². The molecule has 1 aromatic heterocycles. The third kappa shape index (κ3) is 2.57. The predicted molar refractivity (Wildman–Crippen MR) is 73.5 cm³/mol. The molecule has 1 N–H and O–H groups in total. The van der Waals surface area contributed by atoms with Crippen LogP contribution < -0.4 is 9.47 Å². The second-order valence-corrected chi connectivity index (χ2v) is 4.84. The number of benzene rings is 1. The molecular formula is C15H18N2O2. The number of methoxy groups -OCH3 is 1. The molecule has 1 fully saturated rings. The van der Waals surface area contributed by atoms with E-state index < -0.39 is 0 Å². The summed E-state index contributed by atoms with van der Waals surface area (Å²) in [5.41, 5.74) is 1.92. The Balaban J connectivity index is 1.80. The smallest absolute Gasteiger partial charge is 0.233 e. The van der Waals surface area contributed by atoms with Crippen LogP contribution in [0.1, 0.15) is 25.7 Å². The predicted octanol–water partition coefficient (Wildman–Crippen LogP) is 3.41. The largest absolute Gasteiger partial charge is 0.496 e. The first-order chi connectivity index (χ1) is 9.36. The first kappa shape index (κ1) is 12.1. The first-order valence-corrected chi connectivity index (χ1v) is 6.72. The van der Waals surface area contributed by atoms with Gasteiger partial charge >= 0.3 is 0 Å². The third-order valence-electron chi connectivity index (χ3n) is 3.54. The zero-order chi connectivity index (χ0) is 13.1. The number of ether oxygens (including phenoxy) is 2. The van der Waals surface area contributed by atoms with Crippen molar-refractivity contribution < 1.29 is 9.47 Å². The van der Waals surface area contributed by atoms with Crippen LogP contribution in [0.5, 0.6) is 11.6 Å². The molecule has 2 aromatic rings. The molecule has 3 rings (SSSR count). The molecule has 0 spiro atoms. The highest BCUT2D eigenvalue weighted by Crippen LogP contribution is 2.31. The van der Waals surface area contributed by atoms with Crippen LogP contribution in [-0.2, 0) is 0 Å². The van der Waals surface area contributed by atoms with E-state index in [1.54, 1.807) is 7.11 Å². The normalized spacial score (nSPS) is 15.6. The topological polar surface area (TPSA) is 47.1 Å². The second-order valence-electron chi connectivity index (χ2n) is 4.84. The number of rotatable bonds is 4. The number of nitrogens with one attached hydrogen (secondary N) is 1. The Morgan fingerprint density at radius 2 is 2.00 bits per heavy atom. The fourth-order valence-corrected chi connectivity index (χ4v) is 2.55. The van der Waals surface area contributed by atoms with Gasteiger partial charge in [0.2, 0.25) is 5.88 Å². The maximum absolute atomic E-state index is 5.87. The lowest BCUT2D eigenvalue weighted by atomic mass is 10.1. The zero-order valence-corrected chi connectivity index (χ0v) is 11.1. The average molecular weight is 258 g/mol. The summed E-state index contributed by atoms with van der Waals surface area (Å²) in [6.45, 7) is 0. The quantitative estimate of drug-likeness (QED) is 0.914. The summed E-state index contributed by atoms with van der Waals surface area (Å²) < 4.78 is 11.2. The van der Waals surface area contributed by atoms with Crippen molar-refractivity contribution in [3.8, 4) is 22.9 Å². The Morgan fingerprint density at radius 1 is 1.21 bits per heavy atom. The maximum Gasteiger partial charge on any atom is 0.233 e. The van der Waals surface area contributed by atoms with Gasteiger partial charge in [0.1, 0.15) is 11.9 Å². The SMILES string of the molecule is COc1ccccc1-c1cc(OC2CCCC2)n[nH]1. The van der Waals surface area contributed by atoms with Crippen molar-refractivity contribution >= 4 is 0 Å². The summed E-state index contributed by atoms with van der Waals surface area (Å²) in [5, 5.41) is 7.24. The van der Waals surface area contributed by atoms with E-state index in [2.05, 4.69) is 10.2 Å². The molecule has 0 atom stereocenters. The molecule has 0 radical (unpaired) electrons. The number of nitrogens with zero attached hydrogens (tertiary/aromatic N) is 1. The standard InChI is InChI=1S/C15H18N2O2/c1-18-14-9-5-4-8-12(14)13-10-15(17-16-13)19-11-6-2-3-7-11/h4-5,8-11H,2-3,6-7H2,1H3,(H,16,17). The van der Waals surface area contributed by atoms with Crippen molar-refractivity contribution in [2.75, 3.05) is 7.11 Å². The van der Waals surface area contributed by atoms with Crippen LogP contribution in [0.3, 0.4) is 0 Å². The molecule has 4 heteroatoms. The average Bonchev–Trinajstić information content (AvgIpc) is 3.11. The van der Waals surface area contributed by atoms with E-state index in [4.69, 9.17) is 9.47 Å². The number of H-pyrrole nitrogens is 1. The molecule has 0 saturated heterocycles. The fraction of sp³-hybridized carbons (Fsp3) is 0.400. The number of para-hydroxylation sites is 1. The fourth-order valence-electron chi connectivity index (χ4n) is 2.55. The Hall–Kier alpha value is -1.97. The molecule has 0 bridgehead atoms. The lowest BCUT2D eigenvalue weighted by Crippen LogP contribution is -2.10. The van der Waals surface area contributed by atoms with E-state index in [1.807, 2.05) is 30.3 Å². The van der Waals surface area contributed by atoms with Crippen LogP contribution in [-0.4, -0.2) is 23.4 Å². The molecule has 1 aromatic carbocycles. The summed E-state index contributed by atoms with van der Waals surface area (Å²) in [7, 11) is 1.67. The lowest BCUT2D eigenvalue weighted by Gasteiger charge is -2.09. The Labute approximate surface area is 112 Å². The van der Waals surface area contributed by atoms with Crippen molar-refractivity contribution in [2.24, 2.45) is 0 Å². The highest BCUT2D eigenvalue weighted by molar-refractivity contribution is 5.67. The van der Waals surface area contributed by atoms with E-state index in [0.717, 1.165) is 29.8 Å². The van der Waals surface area contributed by atoms with Gasteiger partial charge in [0.05, 0.1) is 12.8 Å². The van der Waals surface area contributed by atoms with Crippen molar-refractivity contribution in [3.05, 3.63) is 30.3 Å². The summed E-state index contributed by atoms with van der Waals surface area (Å²) in [5.74, 6) is 1.51. The van der Waals surface area contributed by atoms with Crippen LogP contribution in [0.2, 0.25) is 0 Å². The molecule has 19 heavy (non-hydrogen) atoms. The molecule has 4 nitrogen and oxygen atoms in total. The van der Waals surface area contributed by atoms with E-state index >= 15 is 0 Å². The third-order valence-corrected chi connectivity index (χ3v) is 3.54. The molecule has 0 amide bonds. The maximum atomic E-state index is 5.87. The van der Waals surface area contributed by atoms with E-state index in [1.165, 1.54) is 12.8 Å². The van der Waals surface area contributed by atoms with Crippen molar-refractivity contribution in [2.45, 2.75) is 31.8 Å². The van der Waals surface area contributed by atoms with Gasteiger partial charge in [-0.2, -0.15) is 0 Å². The summed E-state index contributed by atoms with van der Waals surface area (Å²) in [4.78, 5) is 0. The van der Waals surface area contributed by atoms with Crippen LogP contribution in [0.15, 0.2) is 30.3 Å². The van der Waals surface area contributed by atoms with Gasteiger partial charge in [-0.15, -0.1) is 5.10 Å². The zero-order valence-electron chi connectivity index (χ0n) is 11.1. The monoisotopic (exact) mass is 258 g/mol. The van der Waals surface area contributed by atoms with Crippen LogP contribution in [0.25, 0.3) is 11.3 Å². The van der Waals surface area contributed by atoms with Crippen LogP contribution >= 0.6 is 0 Å². The number of aromatic nitrogens is 2. The molecule has 1 heterocycles. The lowest BCUT2D eigenvalue weighted by molar-refractivity contribution is 0.201. The first-order valence-electron chi connectivity index (χ1n) is 6.72. The summed E-state index contributed by atoms with van der Waals surface area (Å²) in [6, 6.07) is 9.82. The van der Waals surface area contributed by atoms with Gasteiger partial charge in [-0.05, 0) is 37.8 Å². The molecule has 1 aliphatic carbocycles. The van der Waals surface area contributed by atoms with Gasteiger partial charge in [-0.1, -0.05) is 12.1 Å². The highest BCUT2D eigenvalue weighted by Gasteiger charge is 2.18. The highest BCUT2D eigenvalue weighted by atomic mass is 16.5. The van der Waals surface area contributed by atoms with E-state index in [9.17, 15) is 0 Å². The molecule has 1 aliphatic rings.